The lowest BCUT2D eigenvalue weighted by Gasteiger charge is -2.06. The van der Waals surface area contributed by atoms with Gasteiger partial charge in [0, 0.05) is 0 Å². The van der Waals surface area contributed by atoms with Crippen molar-refractivity contribution in [1.82, 2.24) is 0 Å². The molecule has 1 heterocycles. The molecule has 0 N–H and O–H groups in total. The summed E-state index contributed by atoms with van der Waals surface area (Å²) in [7, 11) is 0. The summed E-state index contributed by atoms with van der Waals surface area (Å²) in [5.74, 6) is -0.326. The van der Waals surface area contributed by atoms with Gasteiger partial charge in [-0.05, 0) is 47.9 Å². The molecule has 104 valence electrons. The summed E-state index contributed by atoms with van der Waals surface area (Å²) in [6.07, 6.45) is 1.41. The monoisotopic (exact) mass is 280 g/mol. The second-order valence-corrected chi connectivity index (χ2v) is 4.96. The highest BCUT2D eigenvalue weighted by atomic mass is 19.1. The molecule has 0 unspecified atom stereocenters. The van der Waals surface area contributed by atoms with Crippen LogP contribution in [0, 0.1) is 12.7 Å². The molecule has 0 saturated heterocycles. The Hall–Kier alpha value is -2.68. The SMILES string of the molecule is C=C(c1ccc(F)cc1)c1coc2cc(C)ccc2c1=O. The van der Waals surface area contributed by atoms with Crippen LogP contribution in [0.25, 0.3) is 16.5 Å². The fraction of sp³-hybridized carbons (Fsp3) is 0.0556. The van der Waals surface area contributed by atoms with Crippen LogP contribution in [-0.4, -0.2) is 0 Å². The first-order chi connectivity index (χ1) is 10.1. The summed E-state index contributed by atoms with van der Waals surface area (Å²) in [5, 5.41) is 0.515. The lowest BCUT2D eigenvalue weighted by atomic mass is 9.99. The molecular formula is C18H13FO2. The van der Waals surface area contributed by atoms with Crippen LogP contribution in [0.2, 0.25) is 0 Å². The normalized spacial score (nSPS) is 10.8. The van der Waals surface area contributed by atoms with E-state index in [1.54, 1.807) is 18.2 Å². The first-order valence-electron chi connectivity index (χ1n) is 6.53. The molecule has 3 heteroatoms. The molecule has 3 aromatic rings. The average molecular weight is 280 g/mol. The van der Waals surface area contributed by atoms with E-state index in [2.05, 4.69) is 6.58 Å². The first kappa shape index (κ1) is 13.3. The maximum Gasteiger partial charge on any atom is 0.200 e. The number of halogens is 1. The fourth-order valence-electron chi connectivity index (χ4n) is 2.25. The highest BCUT2D eigenvalue weighted by Gasteiger charge is 2.11. The molecule has 0 atom stereocenters. The summed E-state index contributed by atoms with van der Waals surface area (Å²) in [4.78, 5) is 12.5. The zero-order valence-corrected chi connectivity index (χ0v) is 11.5. The molecule has 0 radical (unpaired) electrons. The fourth-order valence-corrected chi connectivity index (χ4v) is 2.25. The standard InChI is InChI=1S/C18H13FO2/c1-11-3-8-15-17(9-11)21-10-16(18(15)20)12(2)13-4-6-14(19)7-5-13/h3-10H,2H2,1H3. The molecule has 0 spiro atoms. The van der Waals surface area contributed by atoms with Crippen molar-refractivity contribution in [3.05, 3.63) is 88.0 Å². The van der Waals surface area contributed by atoms with Gasteiger partial charge in [-0.2, -0.15) is 0 Å². The number of rotatable bonds is 2. The number of hydrogen-bond acceptors (Lipinski definition) is 2. The van der Waals surface area contributed by atoms with Gasteiger partial charge in [-0.15, -0.1) is 0 Å². The van der Waals surface area contributed by atoms with Gasteiger partial charge in [-0.25, -0.2) is 4.39 Å². The predicted molar refractivity (Wildman–Crippen MR) is 81.8 cm³/mol. The quantitative estimate of drug-likeness (QED) is 0.700. The maximum atomic E-state index is 13.0. The molecule has 3 rings (SSSR count). The van der Waals surface area contributed by atoms with Crippen LogP contribution in [0.4, 0.5) is 4.39 Å². The van der Waals surface area contributed by atoms with Gasteiger partial charge >= 0.3 is 0 Å². The Morgan fingerprint density at radius 3 is 2.57 bits per heavy atom. The molecule has 0 aliphatic carbocycles. The van der Waals surface area contributed by atoms with E-state index in [0.717, 1.165) is 5.56 Å². The largest absolute Gasteiger partial charge is 0.463 e. The summed E-state index contributed by atoms with van der Waals surface area (Å²) >= 11 is 0. The lowest BCUT2D eigenvalue weighted by Crippen LogP contribution is -2.08. The van der Waals surface area contributed by atoms with Crippen molar-refractivity contribution in [2.24, 2.45) is 0 Å². The van der Waals surface area contributed by atoms with Gasteiger partial charge in [0.2, 0.25) is 0 Å². The van der Waals surface area contributed by atoms with E-state index < -0.39 is 0 Å². The van der Waals surface area contributed by atoms with E-state index in [4.69, 9.17) is 4.42 Å². The maximum absolute atomic E-state index is 13.0. The van der Waals surface area contributed by atoms with E-state index >= 15 is 0 Å². The minimum Gasteiger partial charge on any atom is -0.463 e. The van der Waals surface area contributed by atoms with Crippen LogP contribution >= 0.6 is 0 Å². The smallest absolute Gasteiger partial charge is 0.200 e. The molecule has 0 saturated carbocycles. The molecule has 1 aromatic heterocycles. The molecule has 0 amide bonds. The molecule has 0 aliphatic rings. The Kier molecular flexibility index (Phi) is 3.18. The molecule has 2 nitrogen and oxygen atoms in total. The van der Waals surface area contributed by atoms with Crippen molar-refractivity contribution in [1.29, 1.82) is 0 Å². The lowest BCUT2D eigenvalue weighted by molar-refractivity contribution is 0.600. The Balaban J connectivity index is 2.14. The average Bonchev–Trinajstić information content (AvgIpc) is 2.47. The van der Waals surface area contributed by atoms with Crippen molar-refractivity contribution < 1.29 is 8.81 Å². The van der Waals surface area contributed by atoms with Gasteiger partial charge in [0.1, 0.15) is 17.7 Å². The van der Waals surface area contributed by atoms with E-state index in [1.165, 1.54) is 18.4 Å². The van der Waals surface area contributed by atoms with Crippen LogP contribution in [0.5, 0.6) is 0 Å². The van der Waals surface area contributed by atoms with Gasteiger partial charge in [0.15, 0.2) is 5.43 Å². The third kappa shape index (κ3) is 2.38. The van der Waals surface area contributed by atoms with Crippen molar-refractivity contribution in [2.45, 2.75) is 6.92 Å². The summed E-state index contributed by atoms with van der Waals surface area (Å²) in [6, 6.07) is 11.3. The molecule has 0 fully saturated rings. The van der Waals surface area contributed by atoms with Crippen molar-refractivity contribution in [3.63, 3.8) is 0 Å². The second kappa shape index (κ2) is 5.02. The Morgan fingerprint density at radius 2 is 1.86 bits per heavy atom. The van der Waals surface area contributed by atoms with Crippen LogP contribution in [0.3, 0.4) is 0 Å². The highest BCUT2D eigenvalue weighted by Crippen LogP contribution is 2.22. The van der Waals surface area contributed by atoms with Crippen LogP contribution in [0.1, 0.15) is 16.7 Å². The van der Waals surface area contributed by atoms with Crippen LogP contribution < -0.4 is 5.43 Å². The van der Waals surface area contributed by atoms with Gasteiger partial charge in [-0.3, -0.25) is 4.79 Å². The highest BCUT2D eigenvalue weighted by molar-refractivity contribution is 5.84. The number of aryl methyl sites for hydroxylation is 1. The third-order valence-corrected chi connectivity index (χ3v) is 3.45. The van der Waals surface area contributed by atoms with E-state index in [9.17, 15) is 9.18 Å². The molecule has 0 aliphatic heterocycles. The Morgan fingerprint density at radius 1 is 1.14 bits per heavy atom. The number of hydrogen-bond donors (Lipinski definition) is 0. The summed E-state index contributed by atoms with van der Waals surface area (Å²) in [6.45, 7) is 5.86. The van der Waals surface area contributed by atoms with Gasteiger partial charge in [0.25, 0.3) is 0 Å². The van der Waals surface area contributed by atoms with Crippen LogP contribution in [-0.2, 0) is 0 Å². The van der Waals surface area contributed by atoms with Crippen molar-refractivity contribution in [3.8, 4) is 0 Å². The van der Waals surface area contributed by atoms with Crippen molar-refractivity contribution in [2.75, 3.05) is 0 Å². The molecular weight excluding hydrogens is 267 g/mol. The molecule has 0 bridgehead atoms. The topological polar surface area (TPSA) is 30.2 Å². The van der Waals surface area contributed by atoms with E-state index in [-0.39, 0.29) is 11.2 Å². The number of benzene rings is 2. The Labute approximate surface area is 121 Å². The molecule has 21 heavy (non-hydrogen) atoms. The predicted octanol–water partition coefficient (Wildman–Crippen LogP) is 4.30. The molecule has 2 aromatic carbocycles. The minimum absolute atomic E-state index is 0.134. The zero-order valence-electron chi connectivity index (χ0n) is 11.5. The van der Waals surface area contributed by atoms with Gasteiger partial charge < -0.3 is 4.42 Å². The van der Waals surface area contributed by atoms with E-state index in [1.807, 2.05) is 19.1 Å². The minimum atomic E-state index is -0.326. The first-order valence-corrected chi connectivity index (χ1v) is 6.53. The summed E-state index contributed by atoms with van der Waals surface area (Å²) < 4.78 is 18.5. The number of fused-ring (bicyclic) bond motifs is 1. The van der Waals surface area contributed by atoms with Gasteiger partial charge in [0.05, 0.1) is 10.9 Å². The second-order valence-electron chi connectivity index (χ2n) is 4.96. The third-order valence-electron chi connectivity index (χ3n) is 3.45. The van der Waals surface area contributed by atoms with Crippen LogP contribution in [0.15, 0.2) is 64.5 Å². The Bertz CT molecular complexity index is 889. The zero-order chi connectivity index (χ0) is 15.0. The van der Waals surface area contributed by atoms with Crippen molar-refractivity contribution >= 4 is 16.5 Å². The van der Waals surface area contributed by atoms with Gasteiger partial charge in [-0.1, -0.05) is 24.8 Å². The van der Waals surface area contributed by atoms with E-state index in [0.29, 0.717) is 27.7 Å². The summed E-state index contributed by atoms with van der Waals surface area (Å²) in [5.41, 5.74) is 3.04.